The van der Waals surface area contributed by atoms with E-state index in [-0.39, 0.29) is 17.6 Å². The highest BCUT2D eigenvalue weighted by Gasteiger charge is 2.16. The van der Waals surface area contributed by atoms with Gasteiger partial charge < -0.3 is 14.8 Å². The number of hydrogen-bond acceptors (Lipinski definition) is 7. The van der Waals surface area contributed by atoms with Crippen LogP contribution in [0.2, 0.25) is 0 Å². The van der Waals surface area contributed by atoms with Crippen molar-refractivity contribution in [3.8, 4) is 11.4 Å². The number of ether oxygens (including phenoxy) is 1. The van der Waals surface area contributed by atoms with Gasteiger partial charge in [-0.2, -0.15) is 4.68 Å². The van der Waals surface area contributed by atoms with Gasteiger partial charge in [0.25, 0.3) is 0 Å². The van der Waals surface area contributed by atoms with E-state index in [9.17, 15) is 14.8 Å². The fraction of sp³-hybridized carbons (Fsp3) is 0.125. The van der Waals surface area contributed by atoms with Gasteiger partial charge in [0.1, 0.15) is 18.6 Å². The fourth-order valence-corrected chi connectivity index (χ4v) is 2.31. The largest absolute Gasteiger partial charge is 0.489 e. The summed E-state index contributed by atoms with van der Waals surface area (Å²) in [6, 6.07) is 12.1. The summed E-state index contributed by atoms with van der Waals surface area (Å²) in [6.45, 7) is 2.07. The van der Waals surface area contributed by atoms with Crippen molar-refractivity contribution in [2.45, 2.75) is 13.5 Å². The molecular weight excluding hydrogens is 323 g/mol. The van der Waals surface area contributed by atoms with Gasteiger partial charge in [0.15, 0.2) is 5.82 Å². The van der Waals surface area contributed by atoms with Crippen LogP contribution in [0.3, 0.4) is 0 Å². The zero-order valence-corrected chi connectivity index (χ0v) is 13.4. The standard InChI is InChI=1S/C16H15BN4O4/c1-11-2-4-13(5-3-11)21-16(18-19-20-21)10-25-14-6-7-15(17(23)24)12(8-14)9-22/h2-9,23-24H,10H2,1H3. The van der Waals surface area contributed by atoms with Crippen LogP contribution in [0.25, 0.3) is 5.69 Å². The Kier molecular flexibility index (Phi) is 4.87. The highest BCUT2D eigenvalue weighted by atomic mass is 16.5. The predicted molar refractivity (Wildman–Crippen MR) is 89.9 cm³/mol. The van der Waals surface area contributed by atoms with Gasteiger partial charge in [-0.15, -0.1) is 5.10 Å². The molecular formula is C16H15BN4O4. The third-order valence-corrected chi connectivity index (χ3v) is 3.64. The maximum atomic E-state index is 11.1. The summed E-state index contributed by atoms with van der Waals surface area (Å²) in [4.78, 5) is 11.1. The number of aryl methyl sites for hydroxylation is 1. The highest BCUT2D eigenvalue weighted by molar-refractivity contribution is 6.60. The summed E-state index contributed by atoms with van der Waals surface area (Å²) in [5.74, 6) is 0.882. The number of hydrogen-bond donors (Lipinski definition) is 2. The summed E-state index contributed by atoms with van der Waals surface area (Å²) < 4.78 is 7.19. The lowest BCUT2D eigenvalue weighted by molar-refractivity contribution is 0.112. The molecule has 0 amide bonds. The molecule has 0 bridgehead atoms. The Bertz CT molecular complexity index is 880. The summed E-state index contributed by atoms with van der Waals surface area (Å²) in [5, 5.41) is 30.0. The first kappa shape index (κ1) is 16.8. The van der Waals surface area contributed by atoms with Gasteiger partial charge in [0.05, 0.1) is 5.69 Å². The van der Waals surface area contributed by atoms with Gasteiger partial charge >= 0.3 is 7.12 Å². The van der Waals surface area contributed by atoms with Gasteiger partial charge in [-0.1, -0.05) is 23.8 Å². The summed E-state index contributed by atoms with van der Waals surface area (Å²) >= 11 is 0. The van der Waals surface area contributed by atoms with Crippen LogP contribution in [0, 0.1) is 6.92 Å². The summed E-state index contributed by atoms with van der Waals surface area (Å²) in [7, 11) is -1.72. The fourth-order valence-electron chi connectivity index (χ4n) is 2.31. The van der Waals surface area contributed by atoms with Crippen LogP contribution >= 0.6 is 0 Å². The SMILES string of the molecule is Cc1ccc(-n2nnnc2COc2ccc(B(O)O)c(C=O)c2)cc1. The van der Waals surface area contributed by atoms with Crippen molar-refractivity contribution in [2.24, 2.45) is 0 Å². The Morgan fingerprint density at radius 1 is 1.20 bits per heavy atom. The summed E-state index contributed by atoms with van der Waals surface area (Å²) in [6.07, 6.45) is 0.540. The quantitative estimate of drug-likeness (QED) is 0.482. The van der Waals surface area contributed by atoms with Crippen molar-refractivity contribution in [3.63, 3.8) is 0 Å². The normalized spacial score (nSPS) is 10.5. The van der Waals surface area contributed by atoms with Crippen LogP contribution in [0.15, 0.2) is 42.5 Å². The molecule has 0 aliphatic carbocycles. The molecule has 3 aromatic rings. The molecule has 0 spiro atoms. The first-order chi connectivity index (χ1) is 12.1. The van der Waals surface area contributed by atoms with Crippen molar-refractivity contribution >= 4 is 18.9 Å². The number of nitrogens with zero attached hydrogens (tertiary/aromatic N) is 4. The number of tetrazole rings is 1. The molecule has 9 heteroatoms. The van der Waals surface area contributed by atoms with Gasteiger partial charge in [-0.25, -0.2) is 0 Å². The molecule has 126 valence electrons. The number of carbonyl (C=O) groups excluding carboxylic acids is 1. The highest BCUT2D eigenvalue weighted by Crippen LogP contribution is 2.15. The lowest BCUT2D eigenvalue weighted by Gasteiger charge is -2.09. The monoisotopic (exact) mass is 338 g/mol. The molecule has 0 aliphatic heterocycles. The number of rotatable bonds is 6. The minimum absolute atomic E-state index is 0.0835. The molecule has 0 radical (unpaired) electrons. The topological polar surface area (TPSA) is 110 Å². The maximum Gasteiger partial charge on any atom is 0.489 e. The molecule has 0 saturated carbocycles. The van der Waals surface area contributed by atoms with Crippen LogP contribution in [0.4, 0.5) is 0 Å². The van der Waals surface area contributed by atoms with Crippen molar-refractivity contribution in [2.75, 3.05) is 0 Å². The molecule has 0 saturated heterocycles. The average molecular weight is 338 g/mol. The second-order valence-corrected chi connectivity index (χ2v) is 5.41. The molecule has 2 aromatic carbocycles. The Labute approximate surface area is 143 Å². The second-order valence-electron chi connectivity index (χ2n) is 5.41. The molecule has 0 unspecified atom stereocenters. The molecule has 3 rings (SSSR count). The van der Waals surface area contributed by atoms with Crippen LogP contribution in [0.5, 0.6) is 5.75 Å². The zero-order chi connectivity index (χ0) is 17.8. The van der Waals surface area contributed by atoms with E-state index in [1.807, 2.05) is 31.2 Å². The Morgan fingerprint density at radius 3 is 2.64 bits per heavy atom. The smallest absolute Gasteiger partial charge is 0.486 e. The second kappa shape index (κ2) is 7.24. The first-order valence-corrected chi connectivity index (χ1v) is 7.51. The van der Waals surface area contributed by atoms with Gasteiger partial charge in [-0.3, -0.25) is 4.79 Å². The van der Waals surface area contributed by atoms with E-state index in [0.717, 1.165) is 11.3 Å². The lowest BCUT2D eigenvalue weighted by atomic mass is 9.77. The first-order valence-electron chi connectivity index (χ1n) is 7.51. The summed E-state index contributed by atoms with van der Waals surface area (Å²) in [5.41, 5.74) is 2.20. The number of benzene rings is 2. The van der Waals surface area contributed by atoms with E-state index in [1.54, 1.807) is 10.7 Å². The van der Waals surface area contributed by atoms with Crippen molar-refractivity contribution in [1.82, 2.24) is 20.2 Å². The third-order valence-electron chi connectivity index (χ3n) is 3.64. The third kappa shape index (κ3) is 3.73. The van der Waals surface area contributed by atoms with Crippen LogP contribution in [-0.2, 0) is 6.61 Å². The molecule has 1 aromatic heterocycles. The molecule has 0 aliphatic rings. The minimum Gasteiger partial charge on any atom is -0.486 e. The van der Waals surface area contributed by atoms with Crippen LogP contribution in [-0.4, -0.2) is 43.7 Å². The van der Waals surface area contributed by atoms with E-state index in [2.05, 4.69) is 15.5 Å². The minimum atomic E-state index is -1.72. The number of carbonyl (C=O) groups is 1. The van der Waals surface area contributed by atoms with E-state index in [4.69, 9.17) is 4.74 Å². The van der Waals surface area contributed by atoms with Gasteiger partial charge in [-0.05, 0) is 47.1 Å². The van der Waals surface area contributed by atoms with Crippen molar-refractivity contribution in [3.05, 3.63) is 59.4 Å². The van der Waals surface area contributed by atoms with Crippen molar-refractivity contribution in [1.29, 1.82) is 0 Å². The average Bonchev–Trinajstić information content (AvgIpc) is 3.08. The lowest BCUT2D eigenvalue weighted by Crippen LogP contribution is -2.32. The molecule has 0 fully saturated rings. The Morgan fingerprint density at radius 2 is 1.96 bits per heavy atom. The van der Waals surface area contributed by atoms with Crippen molar-refractivity contribution < 1.29 is 19.6 Å². The van der Waals surface area contributed by atoms with E-state index in [1.165, 1.54) is 12.1 Å². The Hall–Kier alpha value is -3.04. The number of aldehydes is 1. The van der Waals surface area contributed by atoms with E-state index in [0.29, 0.717) is 17.9 Å². The van der Waals surface area contributed by atoms with Gasteiger partial charge in [0.2, 0.25) is 0 Å². The molecule has 25 heavy (non-hydrogen) atoms. The maximum absolute atomic E-state index is 11.1. The molecule has 2 N–H and O–H groups in total. The zero-order valence-electron chi connectivity index (χ0n) is 13.4. The van der Waals surface area contributed by atoms with Crippen LogP contribution in [0.1, 0.15) is 21.7 Å². The van der Waals surface area contributed by atoms with Crippen LogP contribution < -0.4 is 10.2 Å². The number of aromatic nitrogens is 4. The molecule has 0 atom stereocenters. The Balaban J connectivity index is 1.78. The molecule has 8 nitrogen and oxygen atoms in total. The molecule has 1 heterocycles. The van der Waals surface area contributed by atoms with E-state index < -0.39 is 7.12 Å². The van der Waals surface area contributed by atoms with E-state index >= 15 is 0 Å². The predicted octanol–water partition coefficient (Wildman–Crippen LogP) is 0.0420. The van der Waals surface area contributed by atoms with Gasteiger partial charge in [0, 0.05) is 5.56 Å².